The Kier molecular flexibility index (Phi) is 7.76. The summed E-state index contributed by atoms with van der Waals surface area (Å²) in [5.41, 5.74) is 2.53. The van der Waals surface area contributed by atoms with Gasteiger partial charge in [-0.2, -0.15) is 0 Å². The van der Waals surface area contributed by atoms with E-state index < -0.39 is 23.6 Å². The lowest BCUT2D eigenvalue weighted by molar-refractivity contribution is -0.152. The van der Waals surface area contributed by atoms with Crippen LogP contribution in [0.1, 0.15) is 45.1 Å². The van der Waals surface area contributed by atoms with E-state index in [1.807, 2.05) is 31.2 Å². The maximum absolute atomic E-state index is 13.7. The number of amides is 3. The smallest absolute Gasteiger partial charge is 0.261 e. The number of nitrogens with one attached hydrogen (secondary N) is 3. The largest absolute Gasteiger partial charge is 0.357 e. The van der Waals surface area contributed by atoms with E-state index in [1.165, 1.54) is 28.4 Å². The van der Waals surface area contributed by atoms with Crippen molar-refractivity contribution in [2.75, 3.05) is 26.3 Å². The molecule has 218 valence electrons. The highest BCUT2D eigenvalue weighted by Gasteiger charge is 2.52. The fourth-order valence-electron chi connectivity index (χ4n) is 5.46. The first-order valence-electron chi connectivity index (χ1n) is 13.7. The first-order valence-corrected chi connectivity index (χ1v) is 14.5. The number of H-pyrrole nitrogens is 1. The predicted octanol–water partition coefficient (Wildman–Crippen LogP) is 3.31. The van der Waals surface area contributed by atoms with Crippen LogP contribution in [0, 0.1) is 5.82 Å². The SMILES string of the molecule is CC(c1cccc(F)c1)c1ccc(C(=O)NCC(=O)N2CC3(C[C@H]2C(=O)NCc2cc4cnccc4[nH]2)OCCO3)s1. The molecule has 2 saturated heterocycles. The Labute approximate surface area is 245 Å². The second kappa shape index (κ2) is 11.6. The van der Waals surface area contributed by atoms with Crippen LogP contribution >= 0.6 is 11.3 Å². The number of thiophene rings is 1. The third kappa shape index (κ3) is 5.78. The average Bonchev–Trinajstić information content (AvgIpc) is 3.80. The summed E-state index contributed by atoms with van der Waals surface area (Å²) in [5.74, 6) is -2.60. The number of fused-ring (bicyclic) bond motifs is 1. The van der Waals surface area contributed by atoms with Gasteiger partial charge in [0.15, 0.2) is 5.79 Å². The Morgan fingerprint density at radius 1 is 1.17 bits per heavy atom. The molecule has 2 fully saturated rings. The van der Waals surface area contributed by atoms with Crippen LogP contribution in [0.25, 0.3) is 10.9 Å². The van der Waals surface area contributed by atoms with Gasteiger partial charge in [-0.25, -0.2) is 4.39 Å². The number of hydrogen-bond acceptors (Lipinski definition) is 7. The molecule has 6 rings (SSSR count). The number of aromatic amines is 1. The fraction of sp³-hybridized carbons (Fsp3) is 0.333. The van der Waals surface area contributed by atoms with Gasteiger partial charge in [-0.1, -0.05) is 19.1 Å². The minimum absolute atomic E-state index is 0.0894. The fourth-order valence-corrected chi connectivity index (χ4v) is 6.47. The number of hydrogen-bond donors (Lipinski definition) is 3. The molecule has 3 aromatic heterocycles. The number of carbonyl (C=O) groups excluding carboxylic acids is 3. The van der Waals surface area contributed by atoms with Gasteiger partial charge in [0.05, 0.1) is 37.7 Å². The van der Waals surface area contributed by atoms with Crippen LogP contribution < -0.4 is 10.6 Å². The van der Waals surface area contributed by atoms with Gasteiger partial charge in [0.25, 0.3) is 5.91 Å². The zero-order valence-electron chi connectivity index (χ0n) is 22.9. The first kappa shape index (κ1) is 28.0. The molecule has 3 N–H and O–H groups in total. The van der Waals surface area contributed by atoms with Crippen molar-refractivity contribution in [1.82, 2.24) is 25.5 Å². The Morgan fingerprint density at radius 3 is 2.79 bits per heavy atom. The topological polar surface area (TPSA) is 126 Å². The molecule has 0 aliphatic carbocycles. The third-order valence-electron chi connectivity index (χ3n) is 7.68. The maximum Gasteiger partial charge on any atom is 0.261 e. The van der Waals surface area contributed by atoms with E-state index in [9.17, 15) is 18.8 Å². The van der Waals surface area contributed by atoms with Crippen LogP contribution in [0.2, 0.25) is 0 Å². The van der Waals surface area contributed by atoms with E-state index in [0.717, 1.165) is 27.0 Å². The quantitative estimate of drug-likeness (QED) is 0.289. The van der Waals surface area contributed by atoms with Crippen LogP contribution in [0.4, 0.5) is 4.39 Å². The summed E-state index contributed by atoms with van der Waals surface area (Å²) in [7, 11) is 0. The Balaban J connectivity index is 1.09. The lowest BCUT2D eigenvalue weighted by Gasteiger charge is -2.24. The number of pyridine rings is 1. The van der Waals surface area contributed by atoms with E-state index >= 15 is 0 Å². The summed E-state index contributed by atoms with van der Waals surface area (Å²) < 4.78 is 25.3. The number of likely N-dealkylation sites (tertiary alicyclic amines) is 1. The highest BCUT2D eigenvalue weighted by Crippen LogP contribution is 2.35. The lowest BCUT2D eigenvalue weighted by Crippen LogP contribution is -2.49. The molecular formula is C30H30FN5O5S. The van der Waals surface area contributed by atoms with E-state index in [-0.39, 0.29) is 43.7 Å². The van der Waals surface area contributed by atoms with Gasteiger partial charge >= 0.3 is 0 Å². The molecule has 1 aromatic carbocycles. The van der Waals surface area contributed by atoms with Crippen molar-refractivity contribution in [3.05, 3.63) is 87.8 Å². The van der Waals surface area contributed by atoms with Gasteiger partial charge in [-0.05, 0) is 42.0 Å². The number of ether oxygens (including phenoxy) is 2. The predicted molar refractivity (Wildman–Crippen MR) is 153 cm³/mol. The molecule has 3 amide bonds. The monoisotopic (exact) mass is 591 g/mol. The molecule has 10 nitrogen and oxygen atoms in total. The Bertz CT molecular complexity index is 1600. The van der Waals surface area contributed by atoms with Crippen LogP contribution in [-0.2, 0) is 25.6 Å². The number of carbonyl (C=O) groups is 3. The average molecular weight is 592 g/mol. The minimum Gasteiger partial charge on any atom is -0.357 e. The van der Waals surface area contributed by atoms with Crippen molar-refractivity contribution in [2.45, 2.75) is 37.6 Å². The second-order valence-corrected chi connectivity index (χ2v) is 11.6. The van der Waals surface area contributed by atoms with Crippen molar-refractivity contribution in [3.8, 4) is 0 Å². The van der Waals surface area contributed by atoms with E-state index in [0.29, 0.717) is 18.1 Å². The molecule has 12 heteroatoms. The molecule has 4 aromatic rings. The van der Waals surface area contributed by atoms with Crippen LogP contribution in [0.5, 0.6) is 0 Å². The van der Waals surface area contributed by atoms with Crippen molar-refractivity contribution < 1.29 is 28.2 Å². The van der Waals surface area contributed by atoms with Gasteiger partial charge in [0, 0.05) is 46.2 Å². The molecule has 42 heavy (non-hydrogen) atoms. The van der Waals surface area contributed by atoms with Gasteiger partial charge < -0.3 is 30.0 Å². The van der Waals surface area contributed by atoms with E-state index in [2.05, 4.69) is 20.6 Å². The maximum atomic E-state index is 13.7. The number of halogens is 1. The first-order chi connectivity index (χ1) is 20.3. The van der Waals surface area contributed by atoms with E-state index in [1.54, 1.807) is 24.5 Å². The van der Waals surface area contributed by atoms with Gasteiger partial charge in [-0.15, -0.1) is 11.3 Å². The highest BCUT2D eigenvalue weighted by molar-refractivity contribution is 7.14. The molecule has 2 aliphatic heterocycles. The lowest BCUT2D eigenvalue weighted by atomic mass is 10.00. The summed E-state index contributed by atoms with van der Waals surface area (Å²) in [6.07, 6.45) is 3.62. The van der Waals surface area contributed by atoms with Crippen molar-refractivity contribution in [3.63, 3.8) is 0 Å². The second-order valence-electron chi connectivity index (χ2n) is 10.5. The van der Waals surface area contributed by atoms with Crippen molar-refractivity contribution in [1.29, 1.82) is 0 Å². The summed E-state index contributed by atoms with van der Waals surface area (Å²) in [4.78, 5) is 49.7. The van der Waals surface area contributed by atoms with Crippen LogP contribution in [0.15, 0.2) is 60.9 Å². The number of aromatic nitrogens is 2. The van der Waals surface area contributed by atoms with Gasteiger partial charge in [0.1, 0.15) is 11.9 Å². The van der Waals surface area contributed by atoms with Crippen LogP contribution in [-0.4, -0.2) is 70.7 Å². The third-order valence-corrected chi connectivity index (χ3v) is 8.95. The molecule has 0 radical (unpaired) electrons. The normalized spacial score (nSPS) is 18.4. The van der Waals surface area contributed by atoms with Crippen molar-refractivity contribution in [2.24, 2.45) is 0 Å². The summed E-state index contributed by atoms with van der Waals surface area (Å²) in [5, 5.41) is 6.53. The Morgan fingerprint density at radius 2 is 2.00 bits per heavy atom. The Hall–Kier alpha value is -4.13. The minimum atomic E-state index is -1.04. The standard InChI is InChI=1S/C30H30FN5O5S/c1-18(19-3-2-4-21(31)11-19)25-5-6-26(42-25)29(39)34-16-27(37)36-17-30(40-9-10-41-30)13-24(36)28(38)33-15-22-12-20-14-32-8-7-23(20)35-22/h2-8,11-12,14,18,24,35H,9-10,13,15-17H2,1H3,(H,33,38)(H,34,39)/t18?,24-/m0/s1. The molecule has 1 spiro atoms. The molecule has 2 aliphatic rings. The summed E-state index contributed by atoms with van der Waals surface area (Å²) >= 11 is 1.29. The van der Waals surface area contributed by atoms with Gasteiger partial charge in [-0.3, -0.25) is 19.4 Å². The van der Waals surface area contributed by atoms with Crippen LogP contribution in [0.3, 0.4) is 0 Å². The summed E-state index contributed by atoms with van der Waals surface area (Å²) in [6, 6.07) is 12.8. The molecule has 2 atom stereocenters. The zero-order valence-corrected chi connectivity index (χ0v) is 23.7. The number of benzene rings is 1. The van der Waals surface area contributed by atoms with Gasteiger partial charge in [0.2, 0.25) is 11.8 Å². The molecular weight excluding hydrogens is 561 g/mol. The molecule has 1 unspecified atom stereocenters. The highest BCUT2D eigenvalue weighted by atomic mass is 32.1. The zero-order chi connectivity index (χ0) is 29.3. The summed E-state index contributed by atoms with van der Waals surface area (Å²) in [6.45, 7) is 2.75. The van der Waals surface area contributed by atoms with E-state index in [4.69, 9.17) is 9.47 Å². The van der Waals surface area contributed by atoms with Crippen molar-refractivity contribution >= 4 is 40.0 Å². The molecule has 0 saturated carbocycles. The molecule has 5 heterocycles. The number of rotatable bonds is 8. The molecule has 0 bridgehead atoms. The number of nitrogens with zero attached hydrogens (tertiary/aromatic N) is 2.